The van der Waals surface area contributed by atoms with Crippen LogP contribution in [-0.4, -0.2) is 24.1 Å². The molecule has 0 radical (unpaired) electrons. The van der Waals surface area contributed by atoms with Crippen molar-refractivity contribution >= 4 is 11.9 Å². The maximum atomic E-state index is 10.8. The largest absolute Gasteiger partial charge is 0.458 e. The number of hydrogen-bond acceptors (Lipinski definition) is 4. The SMILES string of the molecule is CC(=O)O[C@H]1C=CCC[C@H]1OC(C)=O. The molecule has 0 amide bonds. The van der Waals surface area contributed by atoms with E-state index in [1.165, 1.54) is 13.8 Å². The maximum Gasteiger partial charge on any atom is 0.303 e. The lowest BCUT2D eigenvalue weighted by atomic mass is 10.0. The van der Waals surface area contributed by atoms with Crippen LogP contribution in [0.25, 0.3) is 0 Å². The predicted octanol–water partition coefficient (Wildman–Crippen LogP) is 1.20. The van der Waals surface area contributed by atoms with Gasteiger partial charge in [-0.25, -0.2) is 0 Å². The van der Waals surface area contributed by atoms with Crippen LogP contribution >= 0.6 is 0 Å². The summed E-state index contributed by atoms with van der Waals surface area (Å²) in [5, 5.41) is 0. The molecular weight excluding hydrogens is 184 g/mol. The molecule has 78 valence electrons. The fraction of sp³-hybridized carbons (Fsp3) is 0.600. The smallest absolute Gasteiger partial charge is 0.303 e. The van der Waals surface area contributed by atoms with Crippen molar-refractivity contribution in [1.29, 1.82) is 0 Å². The quantitative estimate of drug-likeness (QED) is 0.494. The van der Waals surface area contributed by atoms with E-state index < -0.39 is 6.10 Å². The Bertz CT molecular complexity index is 257. The van der Waals surface area contributed by atoms with Gasteiger partial charge in [0.25, 0.3) is 0 Å². The lowest BCUT2D eigenvalue weighted by Crippen LogP contribution is -2.34. The summed E-state index contributed by atoms with van der Waals surface area (Å²) >= 11 is 0. The number of carbonyl (C=O) groups is 2. The molecule has 2 atom stereocenters. The second-order valence-corrected chi connectivity index (χ2v) is 3.23. The van der Waals surface area contributed by atoms with Gasteiger partial charge >= 0.3 is 11.9 Å². The molecule has 0 aromatic rings. The summed E-state index contributed by atoms with van der Waals surface area (Å²) in [6.07, 6.45) is 4.47. The zero-order chi connectivity index (χ0) is 10.6. The highest BCUT2D eigenvalue weighted by molar-refractivity contribution is 5.67. The average Bonchev–Trinajstić information content (AvgIpc) is 2.06. The molecule has 0 aromatic heterocycles. The molecule has 0 spiro atoms. The van der Waals surface area contributed by atoms with Crippen LogP contribution in [0.15, 0.2) is 12.2 Å². The molecule has 0 heterocycles. The molecule has 0 fully saturated rings. The van der Waals surface area contributed by atoms with Gasteiger partial charge in [0.1, 0.15) is 6.10 Å². The van der Waals surface area contributed by atoms with Crippen molar-refractivity contribution < 1.29 is 19.1 Å². The van der Waals surface area contributed by atoms with Crippen LogP contribution in [0.3, 0.4) is 0 Å². The van der Waals surface area contributed by atoms with Gasteiger partial charge in [0, 0.05) is 13.8 Å². The monoisotopic (exact) mass is 198 g/mol. The van der Waals surface area contributed by atoms with E-state index in [1.54, 1.807) is 6.08 Å². The van der Waals surface area contributed by atoms with Crippen molar-refractivity contribution in [2.24, 2.45) is 0 Å². The molecule has 0 aromatic carbocycles. The Morgan fingerprint density at radius 2 is 1.86 bits per heavy atom. The molecule has 14 heavy (non-hydrogen) atoms. The molecule has 0 saturated heterocycles. The van der Waals surface area contributed by atoms with Crippen molar-refractivity contribution in [2.75, 3.05) is 0 Å². The van der Waals surface area contributed by atoms with Gasteiger partial charge in [-0.2, -0.15) is 0 Å². The van der Waals surface area contributed by atoms with Gasteiger partial charge < -0.3 is 9.47 Å². The highest BCUT2D eigenvalue weighted by Gasteiger charge is 2.26. The van der Waals surface area contributed by atoms with Crippen molar-refractivity contribution in [3.63, 3.8) is 0 Å². The van der Waals surface area contributed by atoms with Crippen LogP contribution in [-0.2, 0) is 19.1 Å². The Labute approximate surface area is 82.9 Å². The van der Waals surface area contributed by atoms with Crippen LogP contribution < -0.4 is 0 Å². The Kier molecular flexibility index (Phi) is 3.68. The van der Waals surface area contributed by atoms with Gasteiger partial charge in [0.05, 0.1) is 0 Å². The number of rotatable bonds is 2. The van der Waals surface area contributed by atoms with Crippen LogP contribution in [0.2, 0.25) is 0 Å². The fourth-order valence-electron chi connectivity index (χ4n) is 1.43. The zero-order valence-electron chi connectivity index (χ0n) is 8.36. The summed E-state index contributed by atoms with van der Waals surface area (Å²) in [4.78, 5) is 21.5. The summed E-state index contributed by atoms with van der Waals surface area (Å²) in [5.41, 5.74) is 0. The number of esters is 2. The molecule has 0 N–H and O–H groups in total. The standard InChI is InChI=1S/C10H14O4/c1-7(11)13-9-5-3-4-6-10(9)14-8(2)12/h3,5,9-10H,4,6H2,1-2H3/t9-,10+/m0/s1. The first kappa shape index (κ1) is 10.8. The zero-order valence-corrected chi connectivity index (χ0v) is 8.36. The third kappa shape index (κ3) is 3.20. The van der Waals surface area contributed by atoms with Gasteiger partial charge in [-0.1, -0.05) is 6.08 Å². The van der Waals surface area contributed by atoms with E-state index in [1.807, 2.05) is 6.08 Å². The Morgan fingerprint density at radius 1 is 1.21 bits per heavy atom. The first-order valence-electron chi connectivity index (χ1n) is 4.60. The van der Waals surface area contributed by atoms with E-state index in [2.05, 4.69) is 0 Å². The molecule has 0 aliphatic heterocycles. The minimum absolute atomic E-state index is 0.332. The van der Waals surface area contributed by atoms with E-state index in [-0.39, 0.29) is 18.0 Å². The first-order valence-corrected chi connectivity index (χ1v) is 4.60. The average molecular weight is 198 g/mol. The Morgan fingerprint density at radius 3 is 2.43 bits per heavy atom. The molecule has 1 rings (SSSR count). The number of allylic oxidation sites excluding steroid dienone is 1. The third-order valence-electron chi connectivity index (χ3n) is 1.93. The highest BCUT2D eigenvalue weighted by Crippen LogP contribution is 2.18. The van der Waals surface area contributed by atoms with Crippen molar-refractivity contribution in [2.45, 2.75) is 38.9 Å². The summed E-state index contributed by atoms with van der Waals surface area (Å²) in [7, 11) is 0. The minimum Gasteiger partial charge on any atom is -0.458 e. The van der Waals surface area contributed by atoms with E-state index in [9.17, 15) is 9.59 Å². The molecule has 4 nitrogen and oxygen atoms in total. The van der Waals surface area contributed by atoms with E-state index in [0.717, 1.165) is 6.42 Å². The molecule has 1 aliphatic carbocycles. The van der Waals surface area contributed by atoms with E-state index >= 15 is 0 Å². The van der Waals surface area contributed by atoms with E-state index in [4.69, 9.17) is 9.47 Å². The second-order valence-electron chi connectivity index (χ2n) is 3.23. The predicted molar refractivity (Wildman–Crippen MR) is 49.5 cm³/mol. The summed E-state index contributed by atoms with van der Waals surface area (Å²) in [5.74, 6) is -0.707. The summed E-state index contributed by atoms with van der Waals surface area (Å²) < 4.78 is 10.0. The Hall–Kier alpha value is -1.32. The molecule has 4 heteroatoms. The van der Waals surface area contributed by atoms with E-state index in [0.29, 0.717) is 6.42 Å². The lowest BCUT2D eigenvalue weighted by Gasteiger charge is -2.26. The minimum atomic E-state index is -0.426. The maximum absolute atomic E-state index is 10.8. The second kappa shape index (κ2) is 4.79. The third-order valence-corrected chi connectivity index (χ3v) is 1.93. The highest BCUT2D eigenvalue weighted by atomic mass is 16.6. The van der Waals surface area contributed by atoms with Crippen LogP contribution in [0.5, 0.6) is 0 Å². The van der Waals surface area contributed by atoms with Gasteiger partial charge in [-0.3, -0.25) is 9.59 Å². The normalized spacial score (nSPS) is 25.6. The first-order chi connectivity index (χ1) is 6.59. The molecule has 0 unspecified atom stereocenters. The topological polar surface area (TPSA) is 52.6 Å². The van der Waals surface area contributed by atoms with Crippen molar-refractivity contribution in [1.82, 2.24) is 0 Å². The lowest BCUT2D eigenvalue weighted by molar-refractivity contribution is -0.162. The molecular formula is C10H14O4. The number of carbonyl (C=O) groups excluding carboxylic acids is 2. The summed E-state index contributed by atoms with van der Waals surface area (Å²) in [6.45, 7) is 2.69. The van der Waals surface area contributed by atoms with Crippen molar-refractivity contribution in [3.05, 3.63) is 12.2 Å². The number of ether oxygens (including phenoxy) is 2. The van der Waals surface area contributed by atoms with Gasteiger partial charge in [-0.15, -0.1) is 0 Å². The fourth-order valence-corrected chi connectivity index (χ4v) is 1.43. The van der Waals surface area contributed by atoms with Gasteiger partial charge in [-0.05, 0) is 18.9 Å². The van der Waals surface area contributed by atoms with Crippen LogP contribution in [0.1, 0.15) is 26.7 Å². The van der Waals surface area contributed by atoms with Crippen LogP contribution in [0, 0.1) is 0 Å². The molecule has 1 aliphatic rings. The molecule has 0 bridgehead atoms. The van der Waals surface area contributed by atoms with Crippen molar-refractivity contribution in [3.8, 4) is 0 Å². The van der Waals surface area contributed by atoms with Gasteiger partial charge in [0.15, 0.2) is 6.10 Å². The summed E-state index contributed by atoms with van der Waals surface area (Å²) in [6, 6.07) is 0. The molecule has 0 saturated carbocycles. The van der Waals surface area contributed by atoms with Gasteiger partial charge in [0.2, 0.25) is 0 Å². The number of hydrogen-bond donors (Lipinski definition) is 0. The Balaban J connectivity index is 2.57. The van der Waals surface area contributed by atoms with Crippen LogP contribution in [0.4, 0.5) is 0 Å².